The molecule has 3 N–H and O–H groups in total. The van der Waals surface area contributed by atoms with Crippen LogP contribution in [0.25, 0.3) is 22.7 Å². The molecule has 0 aliphatic heterocycles. The molecule has 27 heavy (non-hydrogen) atoms. The van der Waals surface area contributed by atoms with Crippen molar-refractivity contribution in [3.05, 3.63) is 59.8 Å². The number of aromatic nitrogens is 2. The van der Waals surface area contributed by atoms with Gasteiger partial charge in [-0.05, 0) is 36.6 Å². The van der Waals surface area contributed by atoms with E-state index in [-0.39, 0.29) is 5.57 Å². The predicted octanol–water partition coefficient (Wildman–Crippen LogP) is 4.93. The Morgan fingerprint density at radius 1 is 1.11 bits per heavy atom. The minimum absolute atomic E-state index is 0.265. The standard InChI is InChI=1S/C22H23N3O2/c26-22(27)19(15-7-3-1-4-8-15)13-16-14-23-21-18(16)11-12-20(25-21)24-17-9-5-2-6-10-17/h1,3-4,7-8,11-14,17H,2,5-6,9-10H2,(H,26,27)(H2,23,24,25). The molecule has 1 aliphatic carbocycles. The molecule has 1 aromatic carbocycles. The Hall–Kier alpha value is -3.08. The lowest BCUT2D eigenvalue weighted by Gasteiger charge is -2.23. The summed E-state index contributed by atoms with van der Waals surface area (Å²) in [4.78, 5) is 19.6. The maximum atomic E-state index is 11.7. The molecule has 5 nitrogen and oxygen atoms in total. The van der Waals surface area contributed by atoms with Crippen molar-refractivity contribution in [2.45, 2.75) is 38.1 Å². The zero-order chi connectivity index (χ0) is 18.6. The molecule has 0 radical (unpaired) electrons. The number of aliphatic carboxylic acids is 1. The van der Waals surface area contributed by atoms with Gasteiger partial charge in [-0.2, -0.15) is 0 Å². The molecule has 2 heterocycles. The highest BCUT2D eigenvalue weighted by Gasteiger charge is 2.15. The number of rotatable bonds is 5. The van der Waals surface area contributed by atoms with E-state index in [4.69, 9.17) is 0 Å². The molecule has 0 bridgehead atoms. The highest BCUT2D eigenvalue weighted by atomic mass is 16.4. The molecule has 2 aromatic heterocycles. The molecule has 1 fully saturated rings. The van der Waals surface area contributed by atoms with E-state index in [1.165, 1.54) is 32.1 Å². The number of H-pyrrole nitrogens is 1. The zero-order valence-electron chi connectivity index (χ0n) is 15.1. The molecule has 0 atom stereocenters. The van der Waals surface area contributed by atoms with E-state index in [9.17, 15) is 9.90 Å². The fraction of sp³-hybridized carbons (Fsp3) is 0.273. The van der Waals surface area contributed by atoms with Crippen molar-refractivity contribution in [1.82, 2.24) is 9.97 Å². The Bertz CT molecular complexity index is 970. The van der Waals surface area contributed by atoms with Crippen molar-refractivity contribution < 1.29 is 9.90 Å². The average Bonchev–Trinajstić information content (AvgIpc) is 3.09. The van der Waals surface area contributed by atoms with Gasteiger partial charge in [0.2, 0.25) is 0 Å². The van der Waals surface area contributed by atoms with Crippen LogP contribution in [0.1, 0.15) is 43.2 Å². The van der Waals surface area contributed by atoms with Crippen LogP contribution >= 0.6 is 0 Å². The zero-order valence-corrected chi connectivity index (χ0v) is 15.1. The first kappa shape index (κ1) is 17.3. The summed E-state index contributed by atoms with van der Waals surface area (Å²) in [5.41, 5.74) is 2.53. The van der Waals surface area contributed by atoms with Crippen LogP contribution in [-0.2, 0) is 4.79 Å². The monoisotopic (exact) mass is 361 g/mol. The first-order valence-corrected chi connectivity index (χ1v) is 9.46. The fourth-order valence-corrected chi connectivity index (χ4v) is 3.72. The van der Waals surface area contributed by atoms with Crippen LogP contribution in [0.2, 0.25) is 0 Å². The Kier molecular flexibility index (Phi) is 4.92. The van der Waals surface area contributed by atoms with Gasteiger partial charge in [0.05, 0.1) is 5.57 Å². The number of carbonyl (C=O) groups is 1. The van der Waals surface area contributed by atoms with Crippen LogP contribution in [0.5, 0.6) is 0 Å². The molecule has 3 aromatic rings. The van der Waals surface area contributed by atoms with Crippen LogP contribution < -0.4 is 5.32 Å². The van der Waals surface area contributed by atoms with Gasteiger partial charge < -0.3 is 15.4 Å². The van der Waals surface area contributed by atoms with Crippen LogP contribution in [0, 0.1) is 0 Å². The quantitative estimate of drug-likeness (QED) is 0.563. The molecular weight excluding hydrogens is 338 g/mol. The maximum Gasteiger partial charge on any atom is 0.336 e. The van der Waals surface area contributed by atoms with E-state index in [1.54, 1.807) is 18.2 Å². The van der Waals surface area contributed by atoms with Crippen molar-refractivity contribution in [3.8, 4) is 0 Å². The van der Waals surface area contributed by atoms with Crippen LogP contribution in [0.15, 0.2) is 48.7 Å². The number of hydrogen-bond acceptors (Lipinski definition) is 3. The summed E-state index contributed by atoms with van der Waals surface area (Å²) in [5.74, 6) is -0.0765. The number of aromatic amines is 1. The number of fused-ring (bicyclic) bond motifs is 1. The topological polar surface area (TPSA) is 78.0 Å². The third-order valence-corrected chi connectivity index (χ3v) is 5.14. The van der Waals surface area contributed by atoms with Crippen LogP contribution in [0.3, 0.4) is 0 Å². The van der Waals surface area contributed by atoms with Crippen LogP contribution in [-0.4, -0.2) is 27.1 Å². The Morgan fingerprint density at radius 2 is 1.89 bits per heavy atom. The third kappa shape index (κ3) is 3.87. The number of hydrogen-bond donors (Lipinski definition) is 3. The molecule has 0 saturated heterocycles. The molecule has 0 unspecified atom stereocenters. The number of nitrogens with one attached hydrogen (secondary N) is 2. The number of anilines is 1. The van der Waals surface area contributed by atoms with Gasteiger partial charge in [-0.25, -0.2) is 9.78 Å². The SMILES string of the molecule is O=C(O)C(=Cc1c[nH]c2nc(NC3CCCCC3)ccc12)c1ccccc1. The lowest BCUT2D eigenvalue weighted by Crippen LogP contribution is -2.22. The molecule has 4 rings (SSSR count). The largest absolute Gasteiger partial charge is 0.478 e. The summed E-state index contributed by atoms with van der Waals surface area (Å²) in [6.45, 7) is 0. The lowest BCUT2D eigenvalue weighted by molar-refractivity contribution is -0.130. The van der Waals surface area contributed by atoms with E-state index in [0.717, 1.165) is 22.4 Å². The van der Waals surface area contributed by atoms with Gasteiger partial charge in [0.25, 0.3) is 0 Å². The van der Waals surface area contributed by atoms with Gasteiger partial charge in [0, 0.05) is 23.2 Å². The van der Waals surface area contributed by atoms with Crippen molar-refractivity contribution >= 4 is 34.5 Å². The number of benzene rings is 1. The lowest BCUT2D eigenvalue weighted by atomic mass is 9.95. The molecule has 138 valence electrons. The summed E-state index contributed by atoms with van der Waals surface area (Å²) in [6.07, 6.45) is 9.77. The first-order chi connectivity index (χ1) is 13.2. The highest BCUT2D eigenvalue weighted by molar-refractivity contribution is 6.21. The van der Waals surface area contributed by atoms with Gasteiger partial charge in [0.15, 0.2) is 0 Å². The molecule has 0 spiro atoms. The summed E-state index contributed by atoms with van der Waals surface area (Å²) in [7, 11) is 0. The summed E-state index contributed by atoms with van der Waals surface area (Å²) >= 11 is 0. The Morgan fingerprint density at radius 3 is 2.63 bits per heavy atom. The van der Waals surface area contributed by atoms with Crippen molar-refractivity contribution in [1.29, 1.82) is 0 Å². The van der Waals surface area contributed by atoms with Crippen LogP contribution in [0.4, 0.5) is 5.82 Å². The molecular formula is C22H23N3O2. The van der Waals surface area contributed by atoms with Crippen molar-refractivity contribution in [2.24, 2.45) is 0 Å². The van der Waals surface area contributed by atoms with E-state index in [2.05, 4.69) is 15.3 Å². The van der Waals surface area contributed by atoms with Gasteiger partial charge in [-0.3, -0.25) is 0 Å². The molecule has 5 heteroatoms. The minimum Gasteiger partial charge on any atom is -0.478 e. The smallest absolute Gasteiger partial charge is 0.336 e. The van der Waals surface area contributed by atoms with E-state index < -0.39 is 5.97 Å². The van der Waals surface area contributed by atoms with Crippen molar-refractivity contribution in [2.75, 3.05) is 5.32 Å². The number of nitrogens with zero attached hydrogens (tertiary/aromatic N) is 1. The Labute approximate surface area is 158 Å². The van der Waals surface area contributed by atoms with Gasteiger partial charge in [-0.1, -0.05) is 49.6 Å². The van der Waals surface area contributed by atoms with Gasteiger partial charge in [0.1, 0.15) is 11.5 Å². The van der Waals surface area contributed by atoms with E-state index >= 15 is 0 Å². The molecule has 1 saturated carbocycles. The highest BCUT2D eigenvalue weighted by Crippen LogP contribution is 2.26. The second-order valence-electron chi connectivity index (χ2n) is 7.05. The first-order valence-electron chi connectivity index (χ1n) is 9.46. The maximum absolute atomic E-state index is 11.7. The Balaban J connectivity index is 1.63. The third-order valence-electron chi connectivity index (χ3n) is 5.14. The minimum atomic E-state index is -0.945. The normalized spacial score (nSPS) is 15.8. The molecule has 0 amide bonds. The molecule has 1 aliphatic rings. The number of pyridine rings is 1. The van der Waals surface area contributed by atoms with Crippen molar-refractivity contribution in [3.63, 3.8) is 0 Å². The van der Waals surface area contributed by atoms with Gasteiger partial charge >= 0.3 is 5.97 Å². The average molecular weight is 361 g/mol. The number of carboxylic acids is 1. The fourth-order valence-electron chi connectivity index (χ4n) is 3.72. The second-order valence-corrected chi connectivity index (χ2v) is 7.05. The summed E-state index contributed by atoms with van der Waals surface area (Å²) in [5, 5.41) is 14.1. The summed E-state index contributed by atoms with van der Waals surface area (Å²) < 4.78 is 0. The van der Waals surface area contributed by atoms with Gasteiger partial charge in [-0.15, -0.1) is 0 Å². The number of carboxylic acid groups (broad SMARTS) is 1. The van der Waals surface area contributed by atoms with E-state index in [1.807, 2.05) is 36.5 Å². The second kappa shape index (κ2) is 7.66. The summed E-state index contributed by atoms with van der Waals surface area (Å²) in [6, 6.07) is 13.6. The van der Waals surface area contributed by atoms with E-state index in [0.29, 0.717) is 11.6 Å². The predicted molar refractivity (Wildman–Crippen MR) is 109 cm³/mol.